The molecule has 7 rings (SSSR count). The maximum absolute atomic E-state index is 15.0. The summed E-state index contributed by atoms with van der Waals surface area (Å²) in [6.45, 7) is 4.05. The number of anilines is 2. The molecule has 0 saturated carbocycles. The minimum absolute atomic E-state index is 0.100. The van der Waals surface area contributed by atoms with E-state index in [1.165, 1.54) is 18.5 Å². The van der Waals surface area contributed by atoms with E-state index in [4.69, 9.17) is 15.6 Å². The standard InChI is InChI=1S/C31H24FN7O2/c1-2-27(40)38-16-20(12-18-8-6-7-11-25(18)38)39-31-28(30(33)34-17-35-31)29(37-39)24-14-19-13-22(32)26(15-23(19)36-24)41-21-9-4-3-5-10-21/h2-11,13-15,17,20,36H,1,12,16H2,(H2,33,34,35). The van der Waals surface area contributed by atoms with Crippen LogP contribution in [0.3, 0.4) is 0 Å². The summed E-state index contributed by atoms with van der Waals surface area (Å²) in [6.07, 6.45) is 3.34. The number of para-hydroxylation sites is 2. The van der Waals surface area contributed by atoms with Crippen LogP contribution in [0.1, 0.15) is 11.6 Å². The van der Waals surface area contributed by atoms with Gasteiger partial charge >= 0.3 is 0 Å². The molecule has 4 heterocycles. The molecule has 202 valence electrons. The molecule has 0 bridgehead atoms. The van der Waals surface area contributed by atoms with Crippen LogP contribution < -0.4 is 15.4 Å². The van der Waals surface area contributed by atoms with Crippen LogP contribution in [0.25, 0.3) is 33.3 Å². The first-order valence-corrected chi connectivity index (χ1v) is 13.1. The minimum Gasteiger partial charge on any atom is -0.454 e. The van der Waals surface area contributed by atoms with E-state index in [9.17, 15) is 9.18 Å². The quantitative estimate of drug-likeness (QED) is 0.265. The molecule has 0 spiro atoms. The van der Waals surface area contributed by atoms with Gasteiger partial charge in [0.2, 0.25) is 5.91 Å². The predicted octanol–water partition coefficient (Wildman–Crippen LogP) is 5.80. The summed E-state index contributed by atoms with van der Waals surface area (Å²) >= 11 is 0. The van der Waals surface area contributed by atoms with Crippen LogP contribution in [0.2, 0.25) is 0 Å². The summed E-state index contributed by atoms with van der Waals surface area (Å²) in [5.74, 6) is 0.218. The Hall–Kier alpha value is -5.51. The molecule has 0 aliphatic carbocycles. The van der Waals surface area contributed by atoms with Gasteiger partial charge in [-0.05, 0) is 48.4 Å². The summed E-state index contributed by atoms with van der Waals surface area (Å²) in [7, 11) is 0. The number of aromatic nitrogens is 5. The van der Waals surface area contributed by atoms with E-state index in [-0.39, 0.29) is 23.5 Å². The molecule has 1 aliphatic rings. The molecule has 3 aromatic carbocycles. The van der Waals surface area contributed by atoms with E-state index in [0.717, 1.165) is 11.3 Å². The van der Waals surface area contributed by atoms with E-state index in [1.54, 1.807) is 27.8 Å². The van der Waals surface area contributed by atoms with E-state index >= 15 is 0 Å². The Morgan fingerprint density at radius 2 is 1.90 bits per heavy atom. The molecule has 0 saturated heterocycles. The van der Waals surface area contributed by atoms with Crippen LogP contribution in [0, 0.1) is 5.82 Å². The fraction of sp³-hybridized carbons (Fsp3) is 0.0968. The van der Waals surface area contributed by atoms with Gasteiger partial charge in [-0.3, -0.25) is 4.79 Å². The third-order valence-corrected chi connectivity index (χ3v) is 7.34. The SMILES string of the molecule is C=CC(=O)N1CC(n2nc(-c3cc4cc(F)c(Oc5ccccc5)cc4[nH]3)c3c(N)ncnc32)Cc2ccccc21. The summed E-state index contributed by atoms with van der Waals surface area (Å²) in [5.41, 5.74) is 10.6. The Morgan fingerprint density at radius 1 is 1.10 bits per heavy atom. The molecule has 1 unspecified atom stereocenters. The fourth-order valence-electron chi connectivity index (χ4n) is 5.45. The number of hydrogen-bond acceptors (Lipinski definition) is 6. The fourth-order valence-corrected chi connectivity index (χ4v) is 5.45. The average molecular weight is 546 g/mol. The average Bonchev–Trinajstić information content (AvgIpc) is 3.59. The Balaban J connectivity index is 1.33. The number of H-pyrrole nitrogens is 1. The molecule has 0 fully saturated rings. The van der Waals surface area contributed by atoms with Gasteiger partial charge in [0.1, 0.15) is 23.6 Å². The maximum Gasteiger partial charge on any atom is 0.250 e. The van der Waals surface area contributed by atoms with Gasteiger partial charge in [-0.25, -0.2) is 19.0 Å². The molecule has 9 nitrogen and oxygen atoms in total. The van der Waals surface area contributed by atoms with Crippen molar-refractivity contribution >= 4 is 39.3 Å². The van der Waals surface area contributed by atoms with Crippen molar-refractivity contribution in [1.82, 2.24) is 24.7 Å². The smallest absolute Gasteiger partial charge is 0.250 e. The number of rotatable bonds is 5. The van der Waals surface area contributed by atoms with Gasteiger partial charge < -0.3 is 20.4 Å². The van der Waals surface area contributed by atoms with E-state index in [0.29, 0.717) is 52.0 Å². The molecule has 0 radical (unpaired) electrons. The number of fused-ring (bicyclic) bond motifs is 3. The maximum atomic E-state index is 15.0. The zero-order chi connectivity index (χ0) is 28.1. The van der Waals surface area contributed by atoms with Crippen molar-refractivity contribution < 1.29 is 13.9 Å². The Bertz CT molecular complexity index is 1960. The second kappa shape index (κ2) is 9.60. The molecular weight excluding hydrogens is 521 g/mol. The Kier molecular flexibility index (Phi) is 5.74. The first-order valence-electron chi connectivity index (χ1n) is 13.1. The lowest BCUT2D eigenvalue weighted by molar-refractivity contribution is -0.114. The molecule has 1 amide bonds. The van der Waals surface area contributed by atoms with Crippen LogP contribution in [0.4, 0.5) is 15.9 Å². The molecule has 10 heteroatoms. The second-order valence-electron chi connectivity index (χ2n) is 9.86. The van der Waals surface area contributed by atoms with Gasteiger partial charge in [0.15, 0.2) is 17.2 Å². The number of benzene rings is 3. The van der Waals surface area contributed by atoms with Crippen molar-refractivity contribution in [1.29, 1.82) is 0 Å². The number of amides is 1. The number of nitrogens with two attached hydrogens (primary N) is 1. The number of hydrogen-bond donors (Lipinski definition) is 2. The van der Waals surface area contributed by atoms with Crippen molar-refractivity contribution in [3.8, 4) is 22.9 Å². The molecule has 1 atom stereocenters. The van der Waals surface area contributed by atoms with Crippen molar-refractivity contribution in [3.05, 3.63) is 103 Å². The van der Waals surface area contributed by atoms with Gasteiger partial charge in [-0.15, -0.1) is 0 Å². The number of halogens is 1. The van der Waals surface area contributed by atoms with E-state index in [1.807, 2.05) is 48.5 Å². The molecule has 41 heavy (non-hydrogen) atoms. The third kappa shape index (κ3) is 4.17. The number of ether oxygens (including phenoxy) is 1. The van der Waals surface area contributed by atoms with Gasteiger partial charge in [0, 0.05) is 29.2 Å². The van der Waals surface area contributed by atoms with Gasteiger partial charge in [0.05, 0.1) is 17.1 Å². The van der Waals surface area contributed by atoms with Crippen molar-refractivity contribution in [3.63, 3.8) is 0 Å². The van der Waals surface area contributed by atoms with Crippen molar-refractivity contribution in [2.75, 3.05) is 17.2 Å². The number of carbonyl (C=O) groups excluding carboxylic acids is 1. The van der Waals surface area contributed by atoms with Crippen LogP contribution in [-0.4, -0.2) is 37.2 Å². The van der Waals surface area contributed by atoms with Gasteiger partial charge in [0.25, 0.3) is 0 Å². The monoisotopic (exact) mass is 545 g/mol. The molecule has 1 aliphatic heterocycles. The summed E-state index contributed by atoms with van der Waals surface area (Å²) in [6, 6.07) is 21.5. The first kappa shape index (κ1) is 24.5. The highest BCUT2D eigenvalue weighted by molar-refractivity contribution is 6.02. The zero-order valence-corrected chi connectivity index (χ0v) is 21.8. The topological polar surface area (TPSA) is 115 Å². The minimum atomic E-state index is -0.488. The van der Waals surface area contributed by atoms with Crippen molar-refractivity contribution in [2.45, 2.75) is 12.5 Å². The highest BCUT2D eigenvalue weighted by Crippen LogP contribution is 2.38. The molecule has 3 aromatic heterocycles. The number of carbonyl (C=O) groups is 1. The lowest BCUT2D eigenvalue weighted by Gasteiger charge is -2.34. The number of nitrogens with zero attached hydrogens (tertiary/aromatic N) is 5. The lowest BCUT2D eigenvalue weighted by atomic mass is 9.97. The second-order valence-corrected chi connectivity index (χ2v) is 9.86. The van der Waals surface area contributed by atoms with E-state index < -0.39 is 5.82 Å². The van der Waals surface area contributed by atoms with E-state index in [2.05, 4.69) is 21.5 Å². The molecule has 6 aromatic rings. The third-order valence-electron chi connectivity index (χ3n) is 7.34. The van der Waals surface area contributed by atoms with Crippen molar-refractivity contribution in [2.24, 2.45) is 0 Å². The van der Waals surface area contributed by atoms with Gasteiger partial charge in [-0.1, -0.05) is 43.0 Å². The highest BCUT2D eigenvalue weighted by Gasteiger charge is 2.31. The largest absolute Gasteiger partial charge is 0.454 e. The summed E-state index contributed by atoms with van der Waals surface area (Å²) in [4.78, 5) is 26.6. The summed E-state index contributed by atoms with van der Waals surface area (Å²) in [5, 5.41) is 6.17. The van der Waals surface area contributed by atoms with Crippen LogP contribution in [0.5, 0.6) is 11.5 Å². The number of aromatic amines is 1. The highest BCUT2D eigenvalue weighted by atomic mass is 19.1. The zero-order valence-electron chi connectivity index (χ0n) is 21.8. The normalized spacial score (nSPS) is 14.8. The Morgan fingerprint density at radius 3 is 2.73 bits per heavy atom. The number of nitrogens with one attached hydrogen (secondary N) is 1. The van der Waals surface area contributed by atoms with Gasteiger partial charge in [-0.2, -0.15) is 5.10 Å². The van der Waals surface area contributed by atoms with Crippen LogP contribution in [0.15, 0.2) is 91.8 Å². The van der Waals surface area contributed by atoms with Crippen LogP contribution >= 0.6 is 0 Å². The Labute approximate surface area is 233 Å². The number of nitrogen functional groups attached to an aromatic ring is 1. The molecule has 3 N–H and O–H groups in total. The lowest BCUT2D eigenvalue weighted by Crippen LogP contribution is -2.40. The van der Waals surface area contributed by atoms with Crippen LogP contribution in [-0.2, 0) is 11.2 Å². The summed E-state index contributed by atoms with van der Waals surface area (Å²) < 4.78 is 22.6. The predicted molar refractivity (Wildman–Crippen MR) is 155 cm³/mol. The molecular formula is C31H24FN7O2. The first-order chi connectivity index (χ1) is 20.0.